The predicted octanol–water partition coefficient (Wildman–Crippen LogP) is 4.12. The molecule has 1 heterocycles. The molecule has 0 bridgehead atoms. The van der Waals surface area contributed by atoms with Crippen molar-refractivity contribution in [2.45, 2.75) is 39.2 Å². The Morgan fingerprint density at radius 2 is 1.89 bits per heavy atom. The zero-order chi connectivity index (χ0) is 19.1. The fourth-order valence-corrected chi connectivity index (χ4v) is 3.29. The van der Waals surface area contributed by atoms with E-state index in [1.54, 1.807) is 0 Å². The van der Waals surface area contributed by atoms with E-state index in [2.05, 4.69) is 21.9 Å². The molecule has 1 aromatic heterocycles. The number of carbonyl (C=O) groups excluding carboxylic acids is 1. The first-order valence-corrected chi connectivity index (χ1v) is 9.42. The van der Waals surface area contributed by atoms with Crippen LogP contribution in [0.3, 0.4) is 0 Å². The number of carbonyl (C=O) groups is 1. The van der Waals surface area contributed by atoms with Crippen molar-refractivity contribution in [3.05, 3.63) is 65.5 Å². The van der Waals surface area contributed by atoms with Crippen molar-refractivity contribution in [1.82, 2.24) is 14.9 Å². The molecule has 0 unspecified atom stereocenters. The Balaban J connectivity index is 1.46. The van der Waals surface area contributed by atoms with E-state index in [-0.39, 0.29) is 5.91 Å². The van der Waals surface area contributed by atoms with Crippen molar-refractivity contribution >= 4 is 16.9 Å². The molecule has 3 aromatic rings. The number of terminal acetylenes is 1. The van der Waals surface area contributed by atoms with Crippen LogP contribution in [-0.2, 0) is 13.0 Å². The molecule has 1 amide bonds. The van der Waals surface area contributed by atoms with Gasteiger partial charge in [-0.15, -0.1) is 6.42 Å². The van der Waals surface area contributed by atoms with Gasteiger partial charge in [-0.3, -0.25) is 4.79 Å². The summed E-state index contributed by atoms with van der Waals surface area (Å²) < 4.78 is 2.12. The molecule has 4 heteroatoms. The number of fused-ring (bicyclic) bond motifs is 1. The Labute approximate surface area is 160 Å². The number of amides is 1. The van der Waals surface area contributed by atoms with Crippen molar-refractivity contribution < 1.29 is 4.79 Å². The lowest BCUT2D eigenvalue weighted by molar-refractivity contribution is 0.0952. The van der Waals surface area contributed by atoms with E-state index in [0.29, 0.717) is 13.1 Å². The molecule has 0 fully saturated rings. The van der Waals surface area contributed by atoms with E-state index >= 15 is 0 Å². The zero-order valence-corrected chi connectivity index (χ0v) is 15.7. The largest absolute Gasteiger partial charge is 0.352 e. The monoisotopic (exact) mass is 359 g/mol. The summed E-state index contributed by atoms with van der Waals surface area (Å²) in [7, 11) is 0. The Kier molecular flexibility index (Phi) is 6.27. The number of nitrogens with one attached hydrogen (secondary N) is 1. The minimum Gasteiger partial charge on any atom is -0.352 e. The second-order valence-electron chi connectivity index (χ2n) is 6.69. The highest BCUT2D eigenvalue weighted by atomic mass is 16.1. The summed E-state index contributed by atoms with van der Waals surface area (Å²) in [5.74, 6) is 3.76. The molecule has 0 aliphatic rings. The number of aromatic nitrogens is 2. The van der Waals surface area contributed by atoms with Crippen LogP contribution in [0.25, 0.3) is 11.0 Å². The molecule has 27 heavy (non-hydrogen) atoms. The number of benzene rings is 2. The van der Waals surface area contributed by atoms with Gasteiger partial charge in [0.25, 0.3) is 5.91 Å². The van der Waals surface area contributed by atoms with Crippen molar-refractivity contribution in [1.29, 1.82) is 0 Å². The fourth-order valence-electron chi connectivity index (χ4n) is 3.29. The van der Waals surface area contributed by atoms with Crippen LogP contribution < -0.4 is 5.32 Å². The molecule has 1 N–H and O–H groups in total. The maximum absolute atomic E-state index is 12.2. The van der Waals surface area contributed by atoms with Gasteiger partial charge in [0.15, 0.2) is 0 Å². The summed E-state index contributed by atoms with van der Waals surface area (Å²) in [4.78, 5) is 16.9. The van der Waals surface area contributed by atoms with Gasteiger partial charge in [-0.05, 0) is 43.5 Å². The third kappa shape index (κ3) is 4.57. The molecule has 138 valence electrons. The highest BCUT2D eigenvalue weighted by molar-refractivity contribution is 5.95. The summed E-state index contributed by atoms with van der Waals surface area (Å²) in [6.07, 6.45) is 9.42. The molecule has 0 aliphatic heterocycles. The molecule has 0 atom stereocenters. The summed E-state index contributed by atoms with van der Waals surface area (Å²) in [6, 6.07) is 15.7. The molecule has 0 saturated carbocycles. The third-order valence-corrected chi connectivity index (χ3v) is 4.74. The van der Waals surface area contributed by atoms with E-state index in [0.717, 1.165) is 53.7 Å². The molecular formula is C23H25N3O. The lowest BCUT2D eigenvalue weighted by Crippen LogP contribution is -2.25. The van der Waals surface area contributed by atoms with Gasteiger partial charge < -0.3 is 9.88 Å². The first-order chi connectivity index (χ1) is 13.2. The average molecular weight is 359 g/mol. The van der Waals surface area contributed by atoms with Gasteiger partial charge in [0.1, 0.15) is 5.82 Å². The quantitative estimate of drug-likeness (QED) is 0.486. The van der Waals surface area contributed by atoms with Gasteiger partial charge in [0.05, 0.1) is 17.6 Å². The van der Waals surface area contributed by atoms with Gasteiger partial charge in [0, 0.05) is 18.5 Å². The van der Waals surface area contributed by atoms with Gasteiger partial charge in [-0.25, -0.2) is 4.98 Å². The topological polar surface area (TPSA) is 46.9 Å². The molecule has 4 nitrogen and oxygen atoms in total. The van der Waals surface area contributed by atoms with E-state index in [1.165, 1.54) is 0 Å². The smallest absolute Gasteiger partial charge is 0.251 e. The summed E-state index contributed by atoms with van der Waals surface area (Å²) in [5, 5.41) is 3.01. The number of imidazole rings is 1. The lowest BCUT2D eigenvalue weighted by atomic mass is 10.1. The maximum atomic E-state index is 12.2. The van der Waals surface area contributed by atoms with Gasteiger partial charge in [0.2, 0.25) is 0 Å². The highest BCUT2D eigenvalue weighted by Crippen LogP contribution is 2.17. The molecule has 0 spiro atoms. The highest BCUT2D eigenvalue weighted by Gasteiger charge is 2.10. The number of rotatable bonds is 8. The van der Waals surface area contributed by atoms with E-state index < -0.39 is 0 Å². The number of para-hydroxylation sites is 2. The zero-order valence-electron chi connectivity index (χ0n) is 15.7. The number of unbranched alkanes of at least 4 members (excludes halogenated alkanes) is 2. The normalized spacial score (nSPS) is 10.7. The molecule has 0 aliphatic carbocycles. The van der Waals surface area contributed by atoms with Gasteiger partial charge in [-0.1, -0.05) is 42.7 Å². The second-order valence-corrected chi connectivity index (χ2v) is 6.69. The second kappa shape index (κ2) is 9.05. The Morgan fingerprint density at radius 1 is 1.11 bits per heavy atom. The van der Waals surface area contributed by atoms with Crippen LogP contribution in [0, 0.1) is 19.3 Å². The first-order valence-electron chi connectivity index (χ1n) is 9.42. The lowest BCUT2D eigenvalue weighted by Gasteiger charge is -2.08. The van der Waals surface area contributed by atoms with Crippen LogP contribution in [0.2, 0.25) is 0 Å². The van der Waals surface area contributed by atoms with Gasteiger partial charge >= 0.3 is 0 Å². The SMILES string of the molecule is C#CCn1c(CCCCCNC(=O)c2ccccc2C)nc2ccccc21. The fraction of sp³-hybridized carbons (Fsp3) is 0.304. The molecule has 2 aromatic carbocycles. The van der Waals surface area contributed by atoms with Crippen LogP contribution >= 0.6 is 0 Å². The van der Waals surface area contributed by atoms with Crippen molar-refractivity contribution in [2.75, 3.05) is 6.54 Å². The maximum Gasteiger partial charge on any atom is 0.251 e. The Bertz CT molecular complexity index is 965. The predicted molar refractivity (Wildman–Crippen MR) is 110 cm³/mol. The van der Waals surface area contributed by atoms with Crippen LogP contribution in [0.4, 0.5) is 0 Å². The summed E-state index contributed by atoms with van der Waals surface area (Å²) in [6.45, 7) is 3.19. The molecular weight excluding hydrogens is 334 g/mol. The Morgan fingerprint density at radius 3 is 2.70 bits per heavy atom. The number of aryl methyl sites for hydroxylation is 2. The number of hydrogen-bond donors (Lipinski definition) is 1. The molecule has 0 saturated heterocycles. The molecule has 3 rings (SSSR count). The number of hydrogen-bond acceptors (Lipinski definition) is 2. The standard InChI is InChI=1S/C23H25N3O/c1-3-17-26-21-14-9-8-13-20(21)25-22(26)15-5-4-10-16-24-23(27)19-12-7-6-11-18(19)2/h1,6-9,11-14H,4-5,10,15-17H2,2H3,(H,24,27). The Hall–Kier alpha value is -3.06. The summed E-state index contributed by atoms with van der Waals surface area (Å²) >= 11 is 0. The average Bonchev–Trinajstić information content (AvgIpc) is 3.03. The summed E-state index contributed by atoms with van der Waals surface area (Å²) in [5.41, 5.74) is 3.84. The van der Waals surface area contributed by atoms with Gasteiger partial charge in [-0.2, -0.15) is 0 Å². The minimum atomic E-state index is 0.00362. The van der Waals surface area contributed by atoms with Crippen LogP contribution in [0.15, 0.2) is 48.5 Å². The molecule has 0 radical (unpaired) electrons. The van der Waals surface area contributed by atoms with E-state index in [4.69, 9.17) is 11.4 Å². The van der Waals surface area contributed by atoms with E-state index in [1.807, 2.05) is 49.4 Å². The number of nitrogens with zero attached hydrogens (tertiary/aromatic N) is 2. The van der Waals surface area contributed by atoms with Crippen LogP contribution in [-0.4, -0.2) is 22.0 Å². The van der Waals surface area contributed by atoms with E-state index in [9.17, 15) is 4.79 Å². The minimum absolute atomic E-state index is 0.00362. The van der Waals surface area contributed by atoms with Crippen molar-refractivity contribution in [2.24, 2.45) is 0 Å². The third-order valence-electron chi connectivity index (χ3n) is 4.74. The van der Waals surface area contributed by atoms with Crippen molar-refractivity contribution in [3.8, 4) is 12.3 Å². The van der Waals surface area contributed by atoms with Crippen LogP contribution in [0.5, 0.6) is 0 Å². The first kappa shape index (κ1) is 18.7. The van der Waals surface area contributed by atoms with Crippen molar-refractivity contribution in [3.63, 3.8) is 0 Å². The van der Waals surface area contributed by atoms with Crippen LogP contribution in [0.1, 0.15) is 41.0 Å².